The first-order valence-electron chi connectivity index (χ1n) is 6.42. The Morgan fingerprint density at radius 2 is 2.20 bits per heavy atom. The third kappa shape index (κ3) is 3.27. The molecule has 6 nitrogen and oxygen atoms in total. The Labute approximate surface area is 118 Å². The van der Waals surface area contributed by atoms with Crippen LogP contribution in [-0.4, -0.2) is 31.2 Å². The summed E-state index contributed by atoms with van der Waals surface area (Å²) in [5.41, 5.74) is 1.14. The minimum absolute atomic E-state index is 0.390. The van der Waals surface area contributed by atoms with Crippen LogP contribution >= 0.6 is 0 Å². The highest BCUT2D eigenvalue weighted by molar-refractivity contribution is 5.49. The van der Waals surface area contributed by atoms with Gasteiger partial charge >= 0.3 is 0 Å². The van der Waals surface area contributed by atoms with Crippen LogP contribution in [0.4, 0.5) is 11.6 Å². The van der Waals surface area contributed by atoms with Gasteiger partial charge in [-0.25, -0.2) is 9.97 Å². The smallest absolute Gasteiger partial charge is 0.158 e. The zero-order valence-corrected chi connectivity index (χ0v) is 12.3. The molecule has 0 spiro atoms. The number of aryl methyl sites for hydroxylation is 1. The number of aromatic nitrogens is 2. The highest BCUT2D eigenvalue weighted by Crippen LogP contribution is 2.19. The number of hydrogen-bond acceptors (Lipinski definition) is 6. The van der Waals surface area contributed by atoms with Crippen LogP contribution in [0.1, 0.15) is 17.1 Å². The Morgan fingerprint density at radius 3 is 2.80 bits per heavy atom. The molecule has 1 N–H and O–H groups in total. The Balaban J connectivity index is 2.22. The van der Waals surface area contributed by atoms with Crippen molar-refractivity contribution in [1.82, 2.24) is 9.97 Å². The van der Waals surface area contributed by atoms with Gasteiger partial charge in [0, 0.05) is 39.4 Å². The van der Waals surface area contributed by atoms with Gasteiger partial charge in [0.2, 0.25) is 0 Å². The van der Waals surface area contributed by atoms with Gasteiger partial charge in [0.25, 0.3) is 0 Å². The Kier molecular flexibility index (Phi) is 4.57. The molecule has 2 aromatic rings. The zero-order chi connectivity index (χ0) is 14.5. The van der Waals surface area contributed by atoms with Crippen LogP contribution in [0.25, 0.3) is 0 Å². The summed E-state index contributed by atoms with van der Waals surface area (Å²) in [4.78, 5) is 10.9. The fraction of sp³-hybridized carbons (Fsp3) is 0.429. The maximum Gasteiger partial charge on any atom is 0.158 e. The molecule has 0 aromatic carbocycles. The lowest BCUT2D eigenvalue weighted by Crippen LogP contribution is -2.19. The Hall–Kier alpha value is -2.08. The van der Waals surface area contributed by atoms with E-state index in [1.54, 1.807) is 13.4 Å². The predicted octanol–water partition coefficient (Wildman–Crippen LogP) is 2.20. The molecule has 0 aliphatic heterocycles. The van der Waals surface area contributed by atoms with E-state index in [1.165, 1.54) is 0 Å². The number of nitrogens with zero attached hydrogens (tertiary/aromatic N) is 3. The van der Waals surface area contributed by atoms with Crippen molar-refractivity contribution in [3.63, 3.8) is 0 Å². The van der Waals surface area contributed by atoms with E-state index in [9.17, 15) is 0 Å². The van der Waals surface area contributed by atoms with Crippen LogP contribution in [0.15, 0.2) is 22.8 Å². The van der Waals surface area contributed by atoms with Gasteiger partial charge < -0.3 is 19.4 Å². The van der Waals surface area contributed by atoms with E-state index in [0.29, 0.717) is 12.4 Å². The molecule has 0 atom stereocenters. The van der Waals surface area contributed by atoms with E-state index < -0.39 is 0 Å². The van der Waals surface area contributed by atoms with E-state index in [4.69, 9.17) is 9.15 Å². The van der Waals surface area contributed by atoms with Crippen molar-refractivity contribution < 1.29 is 9.15 Å². The third-order valence-corrected chi connectivity index (χ3v) is 3.05. The summed E-state index contributed by atoms with van der Waals surface area (Å²) >= 11 is 0. The molecule has 2 heterocycles. The highest BCUT2D eigenvalue weighted by atomic mass is 16.5. The molecule has 2 aromatic heterocycles. The summed E-state index contributed by atoms with van der Waals surface area (Å²) in [7, 11) is 5.46. The summed E-state index contributed by atoms with van der Waals surface area (Å²) in [6.07, 6.45) is 1.70. The average molecular weight is 276 g/mol. The van der Waals surface area contributed by atoms with Gasteiger partial charge in [0.05, 0.1) is 6.26 Å². The van der Waals surface area contributed by atoms with Crippen molar-refractivity contribution in [3.05, 3.63) is 35.5 Å². The average Bonchev–Trinajstić information content (AvgIpc) is 2.84. The van der Waals surface area contributed by atoms with Crippen LogP contribution in [0.5, 0.6) is 0 Å². The van der Waals surface area contributed by atoms with Crippen molar-refractivity contribution in [2.45, 2.75) is 20.1 Å². The van der Waals surface area contributed by atoms with Crippen molar-refractivity contribution >= 4 is 11.6 Å². The normalized spacial score (nSPS) is 10.6. The predicted molar refractivity (Wildman–Crippen MR) is 77.8 cm³/mol. The minimum Gasteiger partial charge on any atom is -0.469 e. The maximum absolute atomic E-state index is 5.32. The molecule has 0 radical (unpaired) electrons. The van der Waals surface area contributed by atoms with Gasteiger partial charge in [0.1, 0.15) is 24.0 Å². The van der Waals surface area contributed by atoms with Crippen LogP contribution in [0.2, 0.25) is 0 Å². The van der Waals surface area contributed by atoms with Gasteiger partial charge in [-0.3, -0.25) is 0 Å². The van der Waals surface area contributed by atoms with Gasteiger partial charge in [0.15, 0.2) is 5.82 Å². The van der Waals surface area contributed by atoms with Gasteiger partial charge in [-0.05, 0) is 13.0 Å². The molecule has 108 valence electrons. The summed E-state index contributed by atoms with van der Waals surface area (Å²) < 4.78 is 10.4. The van der Waals surface area contributed by atoms with Gasteiger partial charge in [-0.2, -0.15) is 0 Å². The first-order chi connectivity index (χ1) is 9.63. The van der Waals surface area contributed by atoms with Crippen molar-refractivity contribution in [3.8, 4) is 0 Å². The molecule has 20 heavy (non-hydrogen) atoms. The molecular weight excluding hydrogens is 256 g/mol. The lowest BCUT2D eigenvalue weighted by molar-refractivity contribution is 0.178. The van der Waals surface area contributed by atoms with E-state index in [2.05, 4.69) is 20.2 Å². The van der Waals surface area contributed by atoms with Crippen molar-refractivity contribution in [1.29, 1.82) is 0 Å². The van der Waals surface area contributed by atoms with Gasteiger partial charge in [-0.1, -0.05) is 0 Å². The fourth-order valence-electron chi connectivity index (χ4n) is 1.91. The van der Waals surface area contributed by atoms with Crippen LogP contribution in [0, 0.1) is 6.92 Å². The van der Waals surface area contributed by atoms with Crippen molar-refractivity contribution in [2.75, 3.05) is 31.4 Å². The monoisotopic (exact) mass is 276 g/mol. The molecule has 0 saturated carbocycles. The number of ether oxygens (including phenoxy) is 1. The molecule has 6 heteroatoms. The number of hydrogen-bond donors (Lipinski definition) is 1. The van der Waals surface area contributed by atoms with Crippen molar-refractivity contribution in [2.24, 2.45) is 0 Å². The van der Waals surface area contributed by atoms with E-state index in [1.807, 2.05) is 33.2 Å². The molecule has 0 saturated heterocycles. The molecule has 0 amide bonds. The first-order valence-corrected chi connectivity index (χ1v) is 6.42. The minimum atomic E-state index is 0.390. The Morgan fingerprint density at radius 1 is 1.40 bits per heavy atom. The van der Waals surface area contributed by atoms with Gasteiger partial charge in [-0.15, -0.1) is 0 Å². The van der Waals surface area contributed by atoms with Crippen LogP contribution in [-0.2, 0) is 17.9 Å². The Bertz CT molecular complexity index is 568. The number of furan rings is 1. The summed E-state index contributed by atoms with van der Waals surface area (Å²) in [5.74, 6) is 3.21. The quantitative estimate of drug-likeness (QED) is 0.872. The fourth-order valence-corrected chi connectivity index (χ4v) is 1.91. The summed E-state index contributed by atoms with van der Waals surface area (Å²) in [6.45, 7) is 3.08. The summed E-state index contributed by atoms with van der Waals surface area (Å²) in [6, 6.07) is 3.89. The molecule has 0 aliphatic carbocycles. The standard InChI is InChI=1S/C14H20N4O2/c1-10-11(5-6-20-10)8-18(3)14-7-12(15-2)16-13(17-14)9-19-4/h5-7H,8-9H2,1-4H3,(H,15,16,17). The summed E-state index contributed by atoms with van der Waals surface area (Å²) in [5, 5.41) is 3.04. The molecule has 0 aliphatic rings. The van der Waals surface area contributed by atoms with E-state index >= 15 is 0 Å². The third-order valence-electron chi connectivity index (χ3n) is 3.05. The van der Waals surface area contributed by atoms with E-state index in [0.717, 1.165) is 29.5 Å². The number of nitrogens with one attached hydrogen (secondary N) is 1. The molecule has 0 fully saturated rings. The molecule has 0 unspecified atom stereocenters. The number of methoxy groups -OCH3 is 1. The lowest BCUT2D eigenvalue weighted by atomic mass is 10.2. The number of anilines is 2. The molecule has 2 rings (SSSR count). The lowest BCUT2D eigenvalue weighted by Gasteiger charge is -2.19. The molecule has 0 bridgehead atoms. The van der Waals surface area contributed by atoms with Crippen LogP contribution < -0.4 is 10.2 Å². The molecular formula is C14H20N4O2. The topological polar surface area (TPSA) is 63.4 Å². The number of rotatable bonds is 6. The second kappa shape index (κ2) is 6.38. The second-order valence-corrected chi connectivity index (χ2v) is 4.57. The highest BCUT2D eigenvalue weighted by Gasteiger charge is 2.10. The maximum atomic E-state index is 5.32. The largest absolute Gasteiger partial charge is 0.469 e. The first kappa shape index (κ1) is 14.3. The zero-order valence-electron chi connectivity index (χ0n) is 12.3. The van der Waals surface area contributed by atoms with E-state index in [-0.39, 0.29) is 0 Å². The SMILES string of the molecule is CNc1cc(N(C)Cc2ccoc2C)nc(COC)n1. The second-order valence-electron chi connectivity index (χ2n) is 4.57. The van der Waals surface area contributed by atoms with Crippen LogP contribution in [0.3, 0.4) is 0 Å².